The van der Waals surface area contributed by atoms with Gasteiger partial charge in [-0.1, -0.05) is 6.42 Å². The van der Waals surface area contributed by atoms with Gasteiger partial charge in [0.15, 0.2) is 0 Å². The van der Waals surface area contributed by atoms with Crippen LogP contribution in [0.2, 0.25) is 0 Å². The monoisotopic (exact) mass is 249 g/mol. The van der Waals surface area contributed by atoms with Crippen molar-refractivity contribution in [3.8, 4) is 0 Å². The summed E-state index contributed by atoms with van der Waals surface area (Å²) >= 11 is 0. The van der Waals surface area contributed by atoms with Crippen LogP contribution in [0, 0.1) is 5.82 Å². The number of amides is 2. The van der Waals surface area contributed by atoms with Crippen LogP contribution in [0.3, 0.4) is 0 Å². The van der Waals surface area contributed by atoms with Crippen molar-refractivity contribution in [3.63, 3.8) is 0 Å². The van der Waals surface area contributed by atoms with E-state index in [0.29, 0.717) is 5.69 Å². The summed E-state index contributed by atoms with van der Waals surface area (Å²) in [7, 11) is 0. The number of benzene rings is 1. The number of carbonyl (C=O) groups excluding carboxylic acids is 1. The molecule has 18 heavy (non-hydrogen) atoms. The largest absolute Gasteiger partial charge is 0.338 e. The van der Waals surface area contributed by atoms with Crippen LogP contribution in [0.1, 0.15) is 32.1 Å². The molecule has 1 aliphatic heterocycles. The smallest absolute Gasteiger partial charge is 0.307 e. The molecule has 1 saturated carbocycles. The van der Waals surface area contributed by atoms with E-state index in [-0.39, 0.29) is 17.5 Å². The average Bonchev–Trinajstić information content (AvgIpc) is 3.07. The van der Waals surface area contributed by atoms with Gasteiger partial charge in [0.05, 0.1) is 0 Å². The molecule has 5 heteroatoms. The zero-order chi connectivity index (χ0) is 12.6. The molecule has 4 nitrogen and oxygen atoms in total. The van der Waals surface area contributed by atoms with Gasteiger partial charge in [0, 0.05) is 5.69 Å². The van der Waals surface area contributed by atoms with Gasteiger partial charge in [-0.2, -0.15) is 0 Å². The summed E-state index contributed by atoms with van der Waals surface area (Å²) in [5, 5.41) is 4.42. The normalized spacial score (nSPS) is 20.8. The zero-order valence-corrected chi connectivity index (χ0v) is 10.1. The van der Waals surface area contributed by atoms with Gasteiger partial charge >= 0.3 is 6.03 Å². The van der Waals surface area contributed by atoms with Crippen molar-refractivity contribution >= 4 is 11.7 Å². The van der Waals surface area contributed by atoms with Crippen molar-refractivity contribution in [1.82, 2.24) is 10.4 Å². The predicted molar refractivity (Wildman–Crippen MR) is 66.2 cm³/mol. The third-order valence-corrected chi connectivity index (χ3v) is 3.68. The summed E-state index contributed by atoms with van der Waals surface area (Å²) in [6.45, 7) is 0. The van der Waals surface area contributed by atoms with Gasteiger partial charge in [-0.15, -0.1) is 0 Å². The average molecular weight is 249 g/mol. The molecule has 0 bridgehead atoms. The number of carbonyl (C=O) groups is 1. The Morgan fingerprint density at radius 3 is 2.56 bits per heavy atom. The van der Waals surface area contributed by atoms with Crippen LogP contribution < -0.4 is 10.7 Å². The molecule has 1 heterocycles. The van der Waals surface area contributed by atoms with Crippen LogP contribution in [0.25, 0.3) is 0 Å². The number of hydrogen-bond acceptors (Lipinski definition) is 2. The molecule has 3 rings (SSSR count). The fourth-order valence-corrected chi connectivity index (χ4v) is 2.61. The zero-order valence-electron chi connectivity index (χ0n) is 10.1. The number of anilines is 1. The molecule has 0 aromatic heterocycles. The highest BCUT2D eigenvalue weighted by molar-refractivity contribution is 5.91. The van der Waals surface area contributed by atoms with Crippen molar-refractivity contribution in [2.24, 2.45) is 0 Å². The van der Waals surface area contributed by atoms with E-state index in [2.05, 4.69) is 10.7 Å². The van der Waals surface area contributed by atoms with Gasteiger partial charge < -0.3 is 5.32 Å². The Kier molecular flexibility index (Phi) is 2.70. The first kappa shape index (κ1) is 11.5. The van der Waals surface area contributed by atoms with Gasteiger partial charge in [-0.05, 0) is 49.9 Å². The molecule has 1 aromatic rings. The maximum atomic E-state index is 12.7. The van der Waals surface area contributed by atoms with Crippen molar-refractivity contribution in [1.29, 1.82) is 0 Å². The standard InChI is InChI=1S/C13H16FN3O/c14-10-4-6-11(7-5-10)15-12(18)17-13(16-17)8-2-1-3-9-13/h4-7,16H,1-3,8-9H2,(H,15,18). The Morgan fingerprint density at radius 1 is 1.22 bits per heavy atom. The molecule has 1 saturated heterocycles. The van der Waals surface area contributed by atoms with Crippen LogP contribution in [-0.2, 0) is 0 Å². The highest BCUT2D eigenvalue weighted by atomic mass is 19.1. The predicted octanol–water partition coefficient (Wildman–Crippen LogP) is 2.84. The van der Waals surface area contributed by atoms with Gasteiger partial charge in [0.1, 0.15) is 11.5 Å². The highest BCUT2D eigenvalue weighted by Crippen LogP contribution is 2.39. The Labute approximate surface area is 105 Å². The van der Waals surface area contributed by atoms with E-state index in [0.717, 1.165) is 25.7 Å². The molecule has 2 N–H and O–H groups in total. The SMILES string of the molecule is O=C(Nc1ccc(F)cc1)N1NC12CCCCC2. The maximum Gasteiger partial charge on any atom is 0.338 e. The molecule has 2 fully saturated rings. The highest BCUT2D eigenvalue weighted by Gasteiger charge is 2.54. The van der Waals surface area contributed by atoms with Crippen LogP contribution in [0.15, 0.2) is 24.3 Å². The van der Waals surface area contributed by atoms with Gasteiger partial charge in [0.2, 0.25) is 0 Å². The first-order valence-corrected chi connectivity index (χ1v) is 6.34. The fourth-order valence-electron chi connectivity index (χ4n) is 2.61. The van der Waals surface area contributed by atoms with Gasteiger partial charge in [-0.25, -0.2) is 19.6 Å². The van der Waals surface area contributed by atoms with E-state index >= 15 is 0 Å². The molecule has 1 aromatic carbocycles. The number of halogens is 1. The summed E-state index contributed by atoms with van der Waals surface area (Å²) in [4.78, 5) is 12.0. The molecular weight excluding hydrogens is 233 g/mol. The van der Waals surface area contributed by atoms with Crippen molar-refractivity contribution in [3.05, 3.63) is 30.1 Å². The van der Waals surface area contributed by atoms with E-state index in [1.807, 2.05) is 0 Å². The summed E-state index contributed by atoms with van der Waals surface area (Å²) in [5.74, 6) is -0.304. The Hall–Kier alpha value is -1.62. The Bertz CT molecular complexity index is 454. The molecule has 2 aliphatic rings. The lowest BCUT2D eigenvalue weighted by Crippen LogP contribution is -2.29. The second-order valence-corrected chi connectivity index (χ2v) is 4.98. The van der Waals surface area contributed by atoms with Crippen LogP contribution in [-0.4, -0.2) is 16.7 Å². The van der Waals surface area contributed by atoms with E-state index in [1.54, 1.807) is 17.1 Å². The quantitative estimate of drug-likeness (QED) is 0.752. The van der Waals surface area contributed by atoms with E-state index in [4.69, 9.17) is 0 Å². The number of rotatable bonds is 1. The molecule has 0 radical (unpaired) electrons. The molecule has 2 amide bonds. The lowest BCUT2D eigenvalue weighted by Gasteiger charge is -2.19. The topological polar surface area (TPSA) is 54.0 Å². The van der Waals surface area contributed by atoms with E-state index in [9.17, 15) is 9.18 Å². The molecule has 0 unspecified atom stereocenters. The number of hydrazine groups is 1. The summed E-state index contributed by atoms with van der Waals surface area (Å²) in [6.07, 6.45) is 5.60. The number of nitrogens with zero attached hydrogens (tertiary/aromatic N) is 1. The summed E-state index contributed by atoms with van der Waals surface area (Å²) < 4.78 is 12.7. The first-order valence-electron chi connectivity index (χ1n) is 6.34. The second kappa shape index (κ2) is 4.24. The second-order valence-electron chi connectivity index (χ2n) is 4.98. The van der Waals surface area contributed by atoms with E-state index in [1.165, 1.54) is 18.6 Å². The number of urea groups is 1. The molecular formula is C13H16FN3O. The van der Waals surface area contributed by atoms with Gasteiger partial charge in [0.25, 0.3) is 0 Å². The molecule has 0 atom stereocenters. The minimum atomic E-state index is -0.304. The van der Waals surface area contributed by atoms with Crippen molar-refractivity contribution < 1.29 is 9.18 Å². The van der Waals surface area contributed by atoms with E-state index < -0.39 is 0 Å². The summed E-state index contributed by atoms with van der Waals surface area (Å²) in [6, 6.07) is 5.63. The minimum absolute atomic E-state index is 0.109. The summed E-state index contributed by atoms with van der Waals surface area (Å²) in [5.41, 5.74) is 3.67. The Morgan fingerprint density at radius 2 is 1.89 bits per heavy atom. The van der Waals surface area contributed by atoms with Crippen LogP contribution in [0.5, 0.6) is 0 Å². The minimum Gasteiger partial charge on any atom is -0.307 e. The molecule has 96 valence electrons. The third kappa shape index (κ3) is 2.06. The lowest BCUT2D eigenvalue weighted by atomic mass is 9.93. The maximum absolute atomic E-state index is 12.7. The fraction of sp³-hybridized carbons (Fsp3) is 0.462. The molecule has 1 aliphatic carbocycles. The van der Waals surface area contributed by atoms with Crippen molar-refractivity contribution in [2.45, 2.75) is 37.8 Å². The molecule has 1 spiro atoms. The van der Waals surface area contributed by atoms with Crippen LogP contribution in [0.4, 0.5) is 14.9 Å². The van der Waals surface area contributed by atoms with Crippen molar-refractivity contribution in [2.75, 3.05) is 5.32 Å². The third-order valence-electron chi connectivity index (χ3n) is 3.68. The number of nitrogens with one attached hydrogen (secondary N) is 2. The first-order chi connectivity index (χ1) is 8.70. The Balaban J connectivity index is 1.61. The number of hydrogen-bond donors (Lipinski definition) is 2. The lowest BCUT2D eigenvalue weighted by molar-refractivity contribution is 0.227. The van der Waals surface area contributed by atoms with Gasteiger partial charge in [-0.3, -0.25) is 0 Å². The van der Waals surface area contributed by atoms with Crippen LogP contribution >= 0.6 is 0 Å².